The summed E-state index contributed by atoms with van der Waals surface area (Å²) in [7, 11) is 2.00. The van der Waals surface area contributed by atoms with E-state index in [1.165, 1.54) is 0 Å². The minimum Gasteiger partial charge on any atom is -0.409 e. The fourth-order valence-electron chi connectivity index (χ4n) is 2.13. The number of nitrogens with two attached hydrogens (primary N) is 1. The number of rotatable bonds is 3. The number of amidine groups is 1. The molecule has 0 spiro atoms. The number of likely N-dealkylation sites (N-methyl/N-ethyl adjacent to an activating group) is 1. The van der Waals surface area contributed by atoms with Crippen molar-refractivity contribution in [3.8, 4) is 0 Å². The molecule has 1 atom stereocenters. The molecule has 0 aromatic heterocycles. The summed E-state index contributed by atoms with van der Waals surface area (Å²) >= 11 is 3.44. The Bertz CT molecular complexity index is 459. The van der Waals surface area contributed by atoms with Crippen molar-refractivity contribution in [3.05, 3.63) is 28.2 Å². The fourth-order valence-corrected chi connectivity index (χ4v) is 2.69. The molecule has 5 nitrogen and oxygen atoms in total. The molecule has 6 heteroatoms. The van der Waals surface area contributed by atoms with Crippen LogP contribution in [0.1, 0.15) is 12.0 Å². The number of nitrogens with zero attached hydrogens (tertiary/aromatic N) is 2. The average molecular weight is 314 g/mol. The van der Waals surface area contributed by atoms with Crippen molar-refractivity contribution in [1.82, 2.24) is 0 Å². The van der Waals surface area contributed by atoms with Gasteiger partial charge >= 0.3 is 0 Å². The van der Waals surface area contributed by atoms with Gasteiger partial charge in [-0.15, -0.1) is 0 Å². The number of hydrogen-bond acceptors (Lipinski definition) is 4. The third-order valence-electron chi connectivity index (χ3n) is 3.19. The molecule has 1 heterocycles. The second-order valence-electron chi connectivity index (χ2n) is 4.25. The van der Waals surface area contributed by atoms with Crippen molar-refractivity contribution in [1.29, 1.82) is 0 Å². The first-order valence-corrected chi connectivity index (χ1v) is 6.51. The van der Waals surface area contributed by atoms with E-state index < -0.39 is 0 Å². The second-order valence-corrected chi connectivity index (χ2v) is 5.10. The van der Waals surface area contributed by atoms with E-state index in [2.05, 4.69) is 26.0 Å². The summed E-state index contributed by atoms with van der Waals surface area (Å²) in [5.41, 5.74) is 7.37. The van der Waals surface area contributed by atoms with Gasteiger partial charge in [0.05, 0.1) is 18.2 Å². The summed E-state index contributed by atoms with van der Waals surface area (Å²) in [6.45, 7) is 1.49. The largest absolute Gasteiger partial charge is 0.409 e. The number of halogens is 1. The molecule has 1 unspecified atom stereocenters. The maximum absolute atomic E-state index is 8.88. The molecular weight excluding hydrogens is 298 g/mol. The van der Waals surface area contributed by atoms with Gasteiger partial charge in [0.25, 0.3) is 0 Å². The van der Waals surface area contributed by atoms with Crippen LogP contribution in [0.3, 0.4) is 0 Å². The van der Waals surface area contributed by atoms with Gasteiger partial charge < -0.3 is 20.6 Å². The monoisotopic (exact) mass is 313 g/mol. The summed E-state index contributed by atoms with van der Waals surface area (Å²) in [6.07, 6.45) is 0.985. The Balaban J connectivity index is 2.40. The zero-order valence-corrected chi connectivity index (χ0v) is 11.7. The van der Waals surface area contributed by atoms with Crippen molar-refractivity contribution >= 4 is 27.5 Å². The van der Waals surface area contributed by atoms with E-state index in [1.54, 1.807) is 0 Å². The van der Waals surface area contributed by atoms with Crippen molar-refractivity contribution < 1.29 is 9.94 Å². The highest BCUT2D eigenvalue weighted by molar-refractivity contribution is 9.10. The standard InChI is InChI=1S/C12H16BrN3O2/c1-16(8-5-6-18-7-8)10-4-2-3-9(13)11(10)12(14)15-17/h2-4,8,17H,5-7H2,1H3,(H2,14,15). The maximum atomic E-state index is 8.88. The lowest BCUT2D eigenvalue weighted by Crippen LogP contribution is -2.33. The lowest BCUT2D eigenvalue weighted by atomic mass is 10.1. The summed E-state index contributed by atoms with van der Waals surface area (Å²) in [5, 5.41) is 12.0. The average Bonchev–Trinajstić information content (AvgIpc) is 2.90. The predicted molar refractivity (Wildman–Crippen MR) is 74.3 cm³/mol. The molecular formula is C12H16BrN3O2. The molecule has 0 aliphatic carbocycles. The predicted octanol–water partition coefficient (Wildman–Crippen LogP) is 1.77. The molecule has 0 bridgehead atoms. The molecule has 2 rings (SSSR count). The number of benzene rings is 1. The van der Waals surface area contributed by atoms with Crippen LogP contribution in [0.15, 0.2) is 27.8 Å². The maximum Gasteiger partial charge on any atom is 0.173 e. The second kappa shape index (κ2) is 5.58. The van der Waals surface area contributed by atoms with Crippen LogP contribution in [0.2, 0.25) is 0 Å². The Hall–Kier alpha value is -1.27. The van der Waals surface area contributed by atoms with Gasteiger partial charge in [-0.1, -0.05) is 11.2 Å². The van der Waals surface area contributed by atoms with Crippen LogP contribution >= 0.6 is 15.9 Å². The third-order valence-corrected chi connectivity index (χ3v) is 3.85. The van der Waals surface area contributed by atoms with Crippen LogP contribution in [0.25, 0.3) is 0 Å². The van der Waals surface area contributed by atoms with Crippen LogP contribution in [-0.2, 0) is 4.74 Å². The molecule has 1 aromatic carbocycles. The van der Waals surface area contributed by atoms with Gasteiger partial charge in [-0.25, -0.2) is 0 Å². The SMILES string of the molecule is CN(c1cccc(Br)c1/C(N)=N/O)C1CCOC1. The lowest BCUT2D eigenvalue weighted by molar-refractivity contribution is 0.193. The molecule has 3 N–H and O–H groups in total. The Morgan fingerprint density at radius 1 is 1.61 bits per heavy atom. The Morgan fingerprint density at radius 2 is 2.39 bits per heavy atom. The van der Waals surface area contributed by atoms with E-state index in [0.717, 1.165) is 23.2 Å². The summed E-state index contributed by atoms with van der Waals surface area (Å²) in [6, 6.07) is 6.08. The van der Waals surface area contributed by atoms with Crippen molar-refractivity contribution in [2.45, 2.75) is 12.5 Å². The molecule has 1 saturated heterocycles. The molecule has 18 heavy (non-hydrogen) atoms. The van der Waals surface area contributed by atoms with Gasteiger partial charge in [-0.05, 0) is 34.5 Å². The quantitative estimate of drug-likeness (QED) is 0.386. The summed E-state index contributed by atoms with van der Waals surface area (Å²) < 4.78 is 6.20. The van der Waals surface area contributed by atoms with Gasteiger partial charge in [0.1, 0.15) is 0 Å². The van der Waals surface area contributed by atoms with E-state index in [9.17, 15) is 0 Å². The number of ether oxygens (including phenoxy) is 1. The van der Waals surface area contributed by atoms with Crippen LogP contribution in [0, 0.1) is 0 Å². The van der Waals surface area contributed by atoms with E-state index in [4.69, 9.17) is 15.7 Å². The molecule has 1 aromatic rings. The molecule has 1 aliphatic rings. The molecule has 1 fully saturated rings. The minimum atomic E-state index is 0.100. The van der Waals surface area contributed by atoms with Crippen molar-refractivity contribution in [2.75, 3.05) is 25.2 Å². The van der Waals surface area contributed by atoms with Gasteiger partial charge in [0, 0.05) is 23.8 Å². The topological polar surface area (TPSA) is 71.1 Å². The summed E-state index contributed by atoms with van der Waals surface area (Å²) in [4.78, 5) is 2.12. The first-order valence-electron chi connectivity index (χ1n) is 5.72. The van der Waals surface area contributed by atoms with Crippen molar-refractivity contribution in [3.63, 3.8) is 0 Å². The smallest absolute Gasteiger partial charge is 0.173 e. The zero-order valence-electron chi connectivity index (χ0n) is 10.1. The van der Waals surface area contributed by atoms with Gasteiger partial charge in [0.2, 0.25) is 0 Å². The first kappa shape index (κ1) is 13.2. The zero-order chi connectivity index (χ0) is 13.1. The number of anilines is 1. The normalized spacial score (nSPS) is 20.1. The van der Waals surface area contributed by atoms with Crippen LogP contribution in [-0.4, -0.2) is 37.3 Å². The van der Waals surface area contributed by atoms with Crippen LogP contribution in [0.5, 0.6) is 0 Å². The number of oxime groups is 1. The van der Waals surface area contributed by atoms with Crippen LogP contribution < -0.4 is 10.6 Å². The fraction of sp³-hybridized carbons (Fsp3) is 0.417. The minimum absolute atomic E-state index is 0.100. The number of hydrogen-bond donors (Lipinski definition) is 2. The van der Waals surface area contributed by atoms with Crippen LogP contribution in [0.4, 0.5) is 5.69 Å². The highest BCUT2D eigenvalue weighted by Crippen LogP contribution is 2.29. The van der Waals surface area contributed by atoms with E-state index in [-0.39, 0.29) is 5.84 Å². The molecule has 0 radical (unpaired) electrons. The lowest BCUT2D eigenvalue weighted by Gasteiger charge is -2.27. The highest BCUT2D eigenvalue weighted by Gasteiger charge is 2.24. The van der Waals surface area contributed by atoms with E-state index >= 15 is 0 Å². The van der Waals surface area contributed by atoms with Gasteiger partial charge in [-0.2, -0.15) is 0 Å². The van der Waals surface area contributed by atoms with Gasteiger partial charge in [-0.3, -0.25) is 0 Å². The molecule has 0 saturated carbocycles. The van der Waals surface area contributed by atoms with Gasteiger partial charge in [0.15, 0.2) is 5.84 Å². The molecule has 1 aliphatic heterocycles. The Labute approximate surface area is 114 Å². The van der Waals surface area contributed by atoms with Crippen molar-refractivity contribution in [2.24, 2.45) is 10.9 Å². The third kappa shape index (κ3) is 2.44. The van der Waals surface area contributed by atoms with E-state index in [1.807, 2.05) is 25.2 Å². The molecule has 0 amide bonds. The summed E-state index contributed by atoms with van der Waals surface area (Å²) in [5.74, 6) is 0.100. The Morgan fingerprint density at radius 3 is 3.00 bits per heavy atom. The van der Waals surface area contributed by atoms with E-state index in [0.29, 0.717) is 18.2 Å². The Kier molecular flexibility index (Phi) is 4.08. The highest BCUT2D eigenvalue weighted by atomic mass is 79.9. The first-order chi connectivity index (χ1) is 8.65. The molecule has 98 valence electrons.